The molecule has 1 aliphatic carbocycles. The lowest BCUT2D eigenvalue weighted by atomic mass is 9.97. The van der Waals surface area contributed by atoms with Crippen LogP contribution in [0.4, 0.5) is 0 Å². The zero-order valence-electron chi connectivity index (χ0n) is 13.6. The van der Waals surface area contributed by atoms with Gasteiger partial charge < -0.3 is 9.47 Å². The Hall–Kier alpha value is -0.790. The highest BCUT2D eigenvalue weighted by Gasteiger charge is 2.24. The molecular formula is C16H24BrNO4S. The molecule has 0 heterocycles. The van der Waals surface area contributed by atoms with Gasteiger partial charge in [-0.05, 0) is 34.8 Å². The molecule has 5 nitrogen and oxygen atoms in total. The summed E-state index contributed by atoms with van der Waals surface area (Å²) in [4.78, 5) is 0.178. The molecule has 130 valence electrons. The first-order chi connectivity index (χ1) is 11.0. The van der Waals surface area contributed by atoms with Crippen LogP contribution in [0.3, 0.4) is 0 Å². The Labute approximate surface area is 146 Å². The van der Waals surface area contributed by atoms with Crippen LogP contribution in [-0.4, -0.2) is 28.7 Å². The molecule has 1 N–H and O–H groups in total. The van der Waals surface area contributed by atoms with Gasteiger partial charge in [-0.3, -0.25) is 0 Å². The highest BCUT2D eigenvalue weighted by molar-refractivity contribution is 9.10. The van der Waals surface area contributed by atoms with Crippen LogP contribution in [0.5, 0.6) is 11.5 Å². The summed E-state index contributed by atoms with van der Waals surface area (Å²) >= 11 is 3.33. The Morgan fingerprint density at radius 3 is 2.09 bits per heavy atom. The van der Waals surface area contributed by atoms with Crippen molar-refractivity contribution in [1.82, 2.24) is 4.72 Å². The van der Waals surface area contributed by atoms with Gasteiger partial charge in [-0.15, -0.1) is 0 Å². The summed E-state index contributed by atoms with van der Waals surface area (Å²) in [6, 6.07) is 3.11. The van der Waals surface area contributed by atoms with Crippen LogP contribution >= 0.6 is 15.9 Å². The highest BCUT2D eigenvalue weighted by atomic mass is 79.9. The monoisotopic (exact) mass is 405 g/mol. The van der Waals surface area contributed by atoms with Crippen LogP contribution in [0.15, 0.2) is 21.5 Å². The van der Waals surface area contributed by atoms with Crippen LogP contribution in [0.25, 0.3) is 0 Å². The first-order valence-corrected chi connectivity index (χ1v) is 10.2. The molecule has 0 bridgehead atoms. The minimum absolute atomic E-state index is 0.000275. The summed E-state index contributed by atoms with van der Waals surface area (Å²) in [5.74, 6) is 0.887. The molecular weight excluding hydrogens is 382 g/mol. The molecule has 23 heavy (non-hydrogen) atoms. The quantitative estimate of drug-likeness (QED) is 0.807. The summed E-state index contributed by atoms with van der Waals surface area (Å²) < 4.78 is 39.2. The van der Waals surface area contributed by atoms with Crippen molar-refractivity contribution >= 4 is 26.0 Å². The molecule has 0 saturated heterocycles. The zero-order chi connectivity index (χ0) is 16.9. The SMILES string of the molecule is COc1cc(Br)c(S(=O)(=O)NC2CCCCCCC2)cc1OC. The molecule has 7 heteroatoms. The predicted octanol–water partition coefficient (Wildman–Crippen LogP) is 3.86. The summed E-state index contributed by atoms with van der Waals surface area (Å²) in [6.45, 7) is 0. The second kappa shape index (κ2) is 8.35. The van der Waals surface area contributed by atoms with Crippen LogP contribution in [0.1, 0.15) is 44.9 Å². The van der Waals surface area contributed by atoms with Gasteiger partial charge in [-0.1, -0.05) is 32.1 Å². The molecule has 0 aromatic heterocycles. The van der Waals surface area contributed by atoms with Crippen molar-refractivity contribution in [2.75, 3.05) is 14.2 Å². The molecule has 2 rings (SSSR count). The van der Waals surface area contributed by atoms with Gasteiger partial charge in [0.05, 0.1) is 14.2 Å². The molecule has 1 aromatic carbocycles. The molecule has 1 saturated carbocycles. The minimum Gasteiger partial charge on any atom is -0.493 e. The average Bonchev–Trinajstić information content (AvgIpc) is 2.49. The van der Waals surface area contributed by atoms with Gasteiger partial charge in [-0.25, -0.2) is 13.1 Å². The van der Waals surface area contributed by atoms with Crippen molar-refractivity contribution in [3.05, 3.63) is 16.6 Å². The van der Waals surface area contributed by atoms with Crippen molar-refractivity contribution in [2.45, 2.75) is 55.9 Å². The first kappa shape index (κ1) is 18.5. The van der Waals surface area contributed by atoms with Gasteiger partial charge in [0, 0.05) is 16.6 Å². The van der Waals surface area contributed by atoms with E-state index >= 15 is 0 Å². The Morgan fingerprint density at radius 2 is 1.52 bits per heavy atom. The van der Waals surface area contributed by atoms with Gasteiger partial charge in [-0.2, -0.15) is 0 Å². The van der Waals surface area contributed by atoms with Crippen molar-refractivity contribution in [2.24, 2.45) is 0 Å². The highest BCUT2D eigenvalue weighted by Crippen LogP contribution is 2.35. The summed E-state index contributed by atoms with van der Waals surface area (Å²) in [5, 5.41) is 0. The third-order valence-electron chi connectivity index (χ3n) is 4.15. The Morgan fingerprint density at radius 1 is 1.00 bits per heavy atom. The second-order valence-electron chi connectivity index (χ2n) is 5.80. The maximum Gasteiger partial charge on any atom is 0.242 e. The van der Waals surface area contributed by atoms with Gasteiger partial charge in [0.2, 0.25) is 10.0 Å². The largest absolute Gasteiger partial charge is 0.493 e. The van der Waals surface area contributed by atoms with Crippen molar-refractivity contribution in [1.29, 1.82) is 0 Å². The number of sulfonamides is 1. The van der Waals surface area contributed by atoms with Gasteiger partial charge in [0.25, 0.3) is 0 Å². The van der Waals surface area contributed by atoms with E-state index in [1.165, 1.54) is 39.5 Å². The molecule has 0 amide bonds. The zero-order valence-corrected chi connectivity index (χ0v) is 16.0. The Kier molecular flexibility index (Phi) is 6.73. The van der Waals surface area contributed by atoms with E-state index in [2.05, 4.69) is 20.7 Å². The molecule has 0 radical (unpaired) electrons. The van der Waals surface area contributed by atoms with Crippen molar-refractivity contribution in [3.63, 3.8) is 0 Å². The van der Waals surface area contributed by atoms with E-state index in [1.807, 2.05) is 0 Å². The molecule has 0 atom stereocenters. The summed E-state index contributed by atoms with van der Waals surface area (Å²) in [5.41, 5.74) is 0. The topological polar surface area (TPSA) is 64.6 Å². The average molecular weight is 406 g/mol. The lowest BCUT2D eigenvalue weighted by molar-refractivity contribution is 0.353. The molecule has 1 fully saturated rings. The van der Waals surface area contributed by atoms with Crippen LogP contribution in [0, 0.1) is 0 Å². The molecule has 1 aromatic rings. The van der Waals surface area contributed by atoms with Crippen molar-refractivity contribution < 1.29 is 17.9 Å². The number of methoxy groups -OCH3 is 2. The van der Waals surface area contributed by atoms with Crippen molar-refractivity contribution in [3.8, 4) is 11.5 Å². The molecule has 0 spiro atoms. The predicted molar refractivity (Wildman–Crippen MR) is 93.7 cm³/mol. The number of hydrogen-bond acceptors (Lipinski definition) is 4. The number of nitrogens with one attached hydrogen (secondary N) is 1. The number of ether oxygens (including phenoxy) is 2. The Bertz CT molecular complexity index is 625. The third kappa shape index (κ3) is 4.84. The van der Waals surface area contributed by atoms with E-state index in [1.54, 1.807) is 6.07 Å². The summed E-state index contributed by atoms with van der Waals surface area (Å²) in [6.07, 6.45) is 7.53. The minimum atomic E-state index is -3.61. The van der Waals surface area contributed by atoms with E-state index in [-0.39, 0.29) is 10.9 Å². The van der Waals surface area contributed by atoms with Gasteiger partial charge >= 0.3 is 0 Å². The lowest BCUT2D eigenvalue weighted by Gasteiger charge is -2.21. The van der Waals surface area contributed by atoms with Gasteiger partial charge in [0.15, 0.2) is 11.5 Å². The number of hydrogen-bond donors (Lipinski definition) is 1. The van der Waals surface area contributed by atoms with E-state index in [4.69, 9.17) is 9.47 Å². The molecule has 0 aliphatic heterocycles. The number of rotatable bonds is 5. The smallest absolute Gasteiger partial charge is 0.242 e. The van der Waals surface area contributed by atoms with Crippen LogP contribution < -0.4 is 14.2 Å². The van der Waals surface area contributed by atoms with E-state index in [9.17, 15) is 8.42 Å². The fourth-order valence-electron chi connectivity index (χ4n) is 2.90. The first-order valence-electron chi connectivity index (χ1n) is 7.92. The van der Waals surface area contributed by atoms with E-state index in [0.29, 0.717) is 16.0 Å². The summed E-state index contributed by atoms with van der Waals surface area (Å²) in [7, 11) is -0.599. The number of halogens is 1. The van der Waals surface area contributed by atoms with Gasteiger partial charge in [0.1, 0.15) is 4.90 Å². The van der Waals surface area contributed by atoms with E-state index in [0.717, 1.165) is 25.7 Å². The van der Waals surface area contributed by atoms with E-state index < -0.39 is 10.0 Å². The fourth-order valence-corrected chi connectivity index (χ4v) is 5.24. The molecule has 1 aliphatic rings. The maximum absolute atomic E-state index is 12.7. The van der Waals surface area contributed by atoms with Crippen LogP contribution in [0.2, 0.25) is 0 Å². The normalized spacial score (nSPS) is 17.3. The maximum atomic E-state index is 12.7. The Balaban J connectivity index is 2.24. The lowest BCUT2D eigenvalue weighted by Crippen LogP contribution is -2.35. The van der Waals surface area contributed by atoms with Crippen LogP contribution in [-0.2, 0) is 10.0 Å². The standard InChI is InChI=1S/C16H24BrNO4S/c1-21-14-10-13(17)16(11-15(14)22-2)23(19,20)18-12-8-6-4-3-5-7-9-12/h10-12,18H,3-9H2,1-2H3. The second-order valence-corrected chi connectivity index (χ2v) is 8.34. The third-order valence-corrected chi connectivity index (χ3v) is 6.63. The number of benzene rings is 1. The molecule has 0 unspecified atom stereocenters. The fraction of sp³-hybridized carbons (Fsp3) is 0.625.